The molecular formula is C24H28O4S. The molecule has 0 radical (unpaired) electrons. The minimum absolute atomic E-state index is 0.0852. The Morgan fingerprint density at radius 2 is 1.72 bits per heavy atom. The van der Waals surface area contributed by atoms with Crippen LogP contribution in [0.15, 0.2) is 77.0 Å². The van der Waals surface area contributed by atoms with Gasteiger partial charge >= 0.3 is 0 Å². The number of hydrogen-bond acceptors (Lipinski definition) is 5. The standard InChI is InChI=1S/C24H28O4S/c1-17(29-19-12-8-5-9-13-19)14-15-20-21(25-16-18-10-6-4-7-11-18)22-23(26-20)28-24(2,3)27-22/h4-13,20-23H,1,14-16H2,2-3H3/t20-,21+,22-,23-/m1/s1. The molecule has 4 atom stereocenters. The number of hydrogen-bond donors (Lipinski definition) is 0. The smallest absolute Gasteiger partial charge is 0.190 e. The molecule has 0 aliphatic carbocycles. The summed E-state index contributed by atoms with van der Waals surface area (Å²) in [6.45, 7) is 8.58. The van der Waals surface area contributed by atoms with Crippen LogP contribution in [-0.4, -0.2) is 30.4 Å². The topological polar surface area (TPSA) is 36.9 Å². The summed E-state index contributed by atoms with van der Waals surface area (Å²) in [6.07, 6.45) is 0.810. The molecule has 2 aliphatic heterocycles. The average molecular weight is 413 g/mol. The van der Waals surface area contributed by atoms with Crippen molar-refractivity contribution in [3.63, 3.8) is 0 Å². The van der Waals surface area contributed by atoms with E-state index >= 15 is 0 Å². The highest BCUT2D eigenvalue weighted by molar-refractivity contribution is 8.03. The van der Waals surface area contributed by atoms with E-state index < -0.39 is 5.79 Å². The van der Waals surface area contributed by atoms with Gasteiger partial charge in [-0.05, 0) is 49.3 Å². The van der Waals surface area contributed by atoms with E-state index in [1.54, 1.807) is 11.8 Å². The van der Waals surface area contributed by atoms with Crippen LogP contribution in [0.3, 0.4) is 0 Å². The third-order valence-electron chi connectivity index (χ3n) is 5.09. The van der Waals surface area contributed by atoms with Gasteiger partial charge in [-0.15, -0.1) is 0 Å². The van der Waals surface area contributed by atoms with Gasteiger partial charge < -0.3 is 18.9 Å². The van der Waals surface area contributed by atoms with E-state index in [9.17, 15) is 0 Å². The molecule has 4 nitrogen and oxygen atoms in total. The lowest BCUT2D eigenvalue weighted by atomic mass is 10.1. The molecule has 154 valence electrons. The van der Waals surface area contributed by atoms with E-state index in [1.165, 1.54) is 4.90 Å². The third kappa shape index (κ3) is 5.30. The predicted molar refractivity (Wildman–Crippen MR) is 114 cm³/mol. The Kier molecular flexibility index (Phi) is 6.42. The SMILES string of the molecule is C=C(CC[C@H]1O[C@@H]2OC(C)(C)O[C@@H]2[C@H]1OCc1ccccc1)Sc1ccccc1. The van der Waals surface area contributed by atoms with Gasteiger partial charge in [-0.3, -0.25) is 0 Å². The van der Waals surface area contributed by atoms with Crippen molar-refractivity contribution in [2.24, 2.45) is 0 Å². The van der Waals surface area contributed by atoms with Crippen LogP contribution in [0.25, 0.3) is 0 Å². The largest absolute Gasteiger partial charge is 0.368 e. The minimum atomic E-state index is -0.651. The molecule has 2 aromatic rings. The van der Waals surface area contributed by atoms with Gasteiger partial charge in [-0.1, -0.05) is 66.9 Å². The zero-order valence-corrected chi connectivity index (χ0v) is 17.8. The Balaban J connectivity index is 1.37. The van der Waals surface area contributed by atoms with Crippen LogP contribution in [0.5, 0.6) is 0 Å². The average Bonchev–Trinajstić information content (AvgIpc) is 3.17. The van der Waals surface area contributed by atoms with Crippen LogP contribution in [0.1, 0.15) is 32.3 Å². The number of rotatable bonds is 8. The maximum Gasteiger partial charge on any atom is 0.190 e. The van der Waals surface area contributed by atoms with Crippen LogP contribution in [-0.2, 0) is 25.6 Å². The predicted octanol–water partition coefficient (Wildman–Crippen LogP) is 5.53. The molecular weight excluding hydrogens is 384 g/mol. The van der Waals surface area contributed by atoms with Crippen molar-refractivity contribution in [2.75, 3.05) is 0 Å². The molecule has 0 saturated carbocycles. The van der Waals surface area contributed by atoms with Crippen molar-refractivity contribution >= 4 is 11.8 Å². The molecule has 0 bridgehead atoms. The van der Waals surface area contributed by atoms with Crippen LogP contribution < -0.4 is 0 Å². The van der Waals surface area contributed by atoms with Crippen molar-refractivity contribution in [1.29, 1.82) is 0 Å². The molecule has 2 heterocycles. The fourth-order valence-corrected chi connectivity index (χ4v) is 4.60. The van der Waals surface area contributed by atoms with Crippen LogP contribution in [0.2, 0.25) is 0 Å². The van der Waals surface area contributed by atoms with Crippen molar-refractivity contribution in [3.05, 3.63) is 77.7 Å². The first-order chi connectivity index (χ1) is 14.0. The molecule has 4 rings (SSSR count). The molecule has 2 aromatic carbocycles. The first kappa shape index (κ1) is 20.6. The molecule has 2 aliphatic rings. The summed E-state index contributed by atoms with van der Waals surface area (Å²) in [5, 5.41) is 0. The van der Waals surface area contributed by atoms with E-state index in [4.69, 9.17) is 18.9 Å². The Hall–Kier alpha value is -1.63. The molecule has 5 heteroatoms. The Morgan fingerprint density at radius 3 is 2.45 bits per heavy atom. The van der Waals surface area contributed by atoms with Crippen molar-refractivity contribution in [3.8, 4) is 0 Å². The fourth-order valence-electron chi connectivity index (χ4n) is 3.76. The lowest BCUT2D eigenvalue weighted by Gasteiger charge is -2.26. The first-order valence-corrected chi connectivity index (χ1v) is 10.9. The van der Waals surface area contributed by atoms with E-state index in [0.29, 0.717) is 6.61 Å². The molecule has 0 aromatic heterocycles. The monoisotopic (exact) mass is 412 g/mol. The zero-order valence-electron chi connectivity index (χ0n) is 17.0. The summed E-state index contributed by atoms with van der Waals surface area (Å²) < 4.78 is 24.5. The summed E-state index contributed by atoms with van der Waals surface area (Å²) in [6, 6.07) is 20.5. The Bertz CT molecular complexity index is 808. The van der Waals surface area contributed by atoms with E-state index in [1.807, 2.05) is 50.2 Å². The zero-order chi connectivity index (χ0) is 20.3. The van der Waals surface area contributed by atoms with E-state index in [-0.39, 0.29) is 24.6 Å². The number of fused-ring (bicyclic) bond motifs is 1. The molecule has 0 spiro atoms. The van der Waals surface area contributed by atoms with Gasteiger partial charge in [0.15, 0.2) is 12.1 Å². The maximum atomic E-state index is 6.29. The normalized spacial score (nSPS) is 27.7. The second-order valence-electron chi connectivity index (χ2n) is 7.90. The number of thioether (sulfide) groups is 1. The number of allylic oxidation sites excluding steroid dienone is 1. The molecule has 0 amide bonds. The highest BCUT2D eigenvalue weighted by Crippen LogP contribution is 2.41. The van der Waals surface area contributed by atoms with Gasteiger partial charge in [0.2, 0.25) is 0 Å². The van der Waals surface area contributed by atoms with Gasteiger partial charge in [-0.2, -0.15) is 0 Å². The minimum Gasteiger partial charge on any atom is -0.368 e. The van der Waals surface area contributed by atoms with Crippen LogP contribution in [0.4, 0.5) is 0 Å². The summed E-state index contributed by atoms with van der Waals surface area (Å²) in [7, 11) is 0. The molecule has 0 unspecified atom stereocenters. The summed E-state index contributed by atoms with van der Waals surface area (Å²) in [4.78, 5) is 2.31. The first-order valence-electron chi connectivity index (χ1n) is 10.1. The Morgan fingerprint density at radius 1 is 1.03 bits per heavy atom. The van der Waals surface area contributed by atoms with Gasteiger partial charge in [0.25, 0.3) is 0 Å². The summed E-state index contributed by atoms with van der Waals surface area (Å²) >= 11 is 1.71. The quantitative estimate of drug-likeness (QED) is 0.533. The van der Waals surface area contributed by atoms with Crippen molar-refractivity contribution < 1.29 is 18.9 Å². The third-order valence-corrected chi connectivity index (χ3v) is 6.09. The highest BCUT2D eigenvalue weighted by atomic mass is 32.2. The van der Waals surface area contributed by atoms with Crippen LogP contribution >= 0.6 is 11.8 Å². The molecule has 29 heavy (non-hydrogen) atoms. The van der Waals surface area contributed by atoms with Gasteiger partial charge in [0.05, 0.1) is 12.7 Å². The van der Waals surface area contributed by atoms with E-state index in [2.05, 4.69) is 30.8 Å². The lowest BCUT2D eigenvalue weighted by Crippen LogP contribution is -2.36. The van der Waals surface area contributed by atoms with Crippen molar-refractivity contribution in [1.82, 2.24) is 0 Å². The molecule has 2 fully saturated rings. The van der Waals surface area contributed by atoms with Gasteiger partial charge in [-0.25, -0.2) is 0 Å². The highest BCUT2D eigenvalue weighted by Gasteiger charge is 2.55. The van der Waals surface area contributed by atoms with Gasteiger partial charge in [0, 0.05) is 4.90 Å². The second kappa shape index (κ2) is 9.02. The number of benzene rings is 2. The second-order valence-corrected chi connectivity index (χ2v) is 9.15. The van der Waals surface area contributed by atoms with Crippen molar-refractivity contribution in [2.45, 2.75) is 68.6 Å². The van der Waals surface area contributed by atoms with Crippen LogP contribution in [0, 0.1) is 0 Å². The number of ether oxygens (including phenoxy) is 4. The molecule has 0 N–H and O–H groups in total. The van der Waals surface area contributed by atoms with E-state index in [0.717, 1.165) is 23.3 Å². The fraction of sp³-hybridized carbons (Fsp3) is 0.417. The van der Waals surface area contributed by atoms with Gasteiger partial charge in [0.1, 0.15) is 12.2 Å². The lowest BCUT2D eigenvalue weighted by molar-refractivity contribution is -0.219. The molecule has 2 saturated heterocycles. The Labute approximate surface area is 177 Å². The summed E-state index contributed by atoms with van der Waals surface area (Å²) in [5.41, 5.74) is 1.14. The maximum absolute atomic E-state index is 6.29. The summed E-state index contributed by atoms with van der Waals surface area (Å²) in [5.74, 6) is -0.651.